The summed E-state index contributed by atoms with van der Waals surface area (Å²) in [6.07, 6.45) is 7.01. The Balaban J connectivity index is 2.64. The number of carbonyl (C=O) groups is 1. The van der Waals surface area contributed by atoms with Gasteiger partial charge in [-0.25, -0.2) is 4.79 Å². The average Bonchev–Trinajstić information content (AvgIpc) is 2.52. The Labute approximate surface area is 128 Å². The first kappa shape index (κ1) is 17.3. The van der Waals surface area contributed by atoms with E-state index in [0.29, 0.717) is 6.61 Å². The summed E-state index contributed by atoms with van der Waals surface area (Å²) in [4.78, 5) is 12.0. The molecule has 0 unspecified atom stereocenters. The molecule has 0 spiro atoms. The van der Waals surface area contributed by atoms with Crippen molar-refractivity contribution in [2.75, 3.05) is 13.7 Å². The van der Waals surface area contributed by atoms with Crippen molar-refractivity contribution in [1.29, 1.82) is 0 Å². The van der Waals surface area contributed by atoms with Crippen LogP contribution in [0.5, 0.6) is 0 Å². The molecule has 0 aliphatic rings. The van der Waals surface area contributed by atoms with Gasteiger partial charge in [0.25, 0.3) is 0 Å². The van der Waals surface area contributed by atoms with E-state index in [2.05, 4.69) is 19.9 Å². The molecule has 21 heavy (non-hydrogen) atoms. The molecule has 0 aliphatic carbocycles. The van der Waals surface area contributed by atoms with Crippen molar-refractivity contribution in [1.82, 2.24) is 0 Å². The van der Waals surface area contributed by atoms with Crippen molar-refractivity contribution in [2.45, 2.75) is 46.0 Å². The van der Waals surface area contributed by atoms with Crippen molar-refractivity contribution < 1.29 is 14.3 Å². The Kier molecular flexibility index (Phi) is 8.25. The van der Waals surface area contributed by atoms with E-state index in [0.717, 1.165) is 24.8 Å². The zero-order chi connectivity index (χ0) is 15.5. The molecular formula is C18H26O3. The van der Waals surface area contributed by atoms with E-state index in [1.54, 1.807) is 6.08 Å². The van der Waals surface area contributed by atoms with Crippen molar-refractivity contribution in [3.63, 3.8) is 0 Å². The van der Waals surface area contributed by atoms with Gasteiger partial charge in [0.05, 0.1) is 13.7 Å². The van der Waals surface area contributed by atoms with Gasteiger partial charge < -0.3 is 9.47 Å². The van der Waals surface area contributed by atoms with Crippen LogP contribution >= 0.6 is 0 Å². The van der Waals surface area contributed by atoms with Gasteiger partial charge in [0.2, 0.25) is 5.76 Å². The molecule has 0 amide bonds. The fraction of sp³-hybridized carbons (Fsp3) is 0.500. The Morgan fingerprint density at radius 2 is 1.90 bits per heavy atom. The zero-order valence-corrected chi connectivity index (χ0v) is 13.4. The molecule has 1 rings (SSSR count). The average molecular weight is 290 g/mol. The summed E-state index contributed by atoms with van der Waals surface area (Å²) >= 11 is 0. The van der Waals surface area contributed by atoms with Gasteiger partial charge in [0, 0.05) is 0 Å². The minimum Gasteiger partial charge on any atom is -0.490 e. The van der Waals surface area contributed by atoms with Crippen LogP contribution in [0.1, 0.15) is 50.7 Å². The molecule has 0 heterocycles. The maximum absolute atomic E-state index is 12.0. The molecule has 3 heteroatoms. The molecule has 116 valence electrons. The lowest BCUT2D eigenvalue weighted by Gasteiger charge is -2.09. The first-order valence-corrected chi connectivity index (χ1v) is 7.73. The predicted molar refractivity (Wildman–Crippen MR) is 85.9 cm³/mol. The molecule has 0 aromatic heterocycles. The van der Waals surface area contributed by atoms with Gasteiger partial charge in [-0.1, -0.05) is 57.4 Å². The maximum atomic E-state index is 12.0. The van der Waals surface area contributed by atoms with E-state index in [-0.39, 0.29) is 11.7 Å². The molecule has 0 N–H and O–H groups in total. The van der Waals surface area contributed by atoms with Crippen molar-refractivity contribution >= 4 is 12.0 Å². The Bertz CT molecular complexity index is 463. The minimum atomic E-state index is -0.389. The van der Waals surface area contributed by atoms with Crippen molar-refractivity contribution in [3.8, 4) is 0 Å². The number of carbonyl (C=O) groups excluding carboxylic acids is 1. The van der Waals surface area contributed by atoms with Crippen molar-refractivity contribution in [2.24, 2.45) is 0 Å². The normalized spacial score (nSPS) is 11.3. The van der Waals surface area contributed by atoms with Gasteiger partial charge in [0.15, 0.2) is 0 Å². The summed E-state index contributed by atoms with van der Waals surface area (Å²) in [6, 6.07) is 7.98. The molecule has 0 saturated carbocycles. The van der Waals surface area contributed by atoms with E-state index >= 15 is 0 Å². The van der Waals surface area contributed by atoms with E-state index in [1.165, 1.54) is 25.5 Å². The fourth-order valence-electron chi connectivity index (χ4n) is 2.10. The number of methoxy groups -OCH3 is 1. The lowest BCUT2D eigenvalue weighted by molar-refractivity contribution is -0.142. The quantitative estimate of drug-likeness (QED) is 0.293. The summed E-state index contributed by atoms with van der Waals surface area (Å²) in [5.41, 5.74) is 2.18. The van der Waals surface area contributed by atoms with Crippen LogP contribution in [0.3, 0.4) is 0 Å². The molecule has 3 nitrogen and oxygen atoms in total. The SMILES string of the molecule is CCCCCCOC(=O)/C(=C/c1ccccc1CC)OC. The topological polar surface area (TPSA) is 35.5 Å². The molecule has 1 aromatic rings. The van der Waals surface area contributed by atoms with Crippen LogP contribution in [-0.4, -0.2) is 19.7 Å². The number of rotatable bonds is 9. The number of unbranched alkanes of at least 4 members (excludes halogenated alkanes) is 3. The molecule has 0 atom stereocenters. The van der Waals surface area contributed by atoms with Crippen LogP contribution in [0.15, 0.2) is 30.0 Å². The van der Waals surface area contributed by atoms with Gasteiger partial charge in [0.1, 0.15) is 0 Å². The summed E-state index contributed by atoms with van der Waals surface area (Å²) in [5, 5.41) is 0. The minimum absolute atomic E-state index is 0.256. The third-order valence-electron chi connectivity index (χ3n) is 3.37. The van der Waals surface area contributed by atoms with Crippen LogP contribution in [0, 0.1) is 0 Å². The highest BCUT2D eigenvalue weighted by Crippen LogP contribution is 2.15. The van der Waals surface area contributed by atoms with Crippen LogP contribution in [-0.2, 0) is 20.7 Å². The summed E-state index contributed by atoms with van der Waals surface area (Å²) in [5.74, 6) is -0.133. The van der Waals surface area contributed by atoms with Crippen LogP contribution in [0.2, 0.25) is 0 Å². The maximum Gasteiger partial charge on any atom is 0.373 e. The Morgan fingerprint density at radius 1 is 1.14 bits per heavy atom. The van der Waals surface area contributed by atoms with Crippen LogP contribution < -0.4 is 0 Å². The second-order valence-corrected chi connectivity index (χ2v) is 4.96. The van der Waals surface area contributed by atoms with Gasteiger partial charge >= 0.3 is 5.97 Å². The monoisotopic (exact) mass is 290 g/mol. The highest BCUT2D eigenvalue weighted by Gasteiger charge is 2.12. The third kappa shape index (κ3) is 6.03. The Hall–Kier alpha value is -1.77. The fourth-order valence-corrected chi connectivity index (χ4v) is 2.10. The molecule has 1 aromatic carbocycles. The van der Waals surface area contributed by atoms with Crippen LogP contribution in [0.4, 0.5) is 0 Å². The highest BCUT2D eigenvalue weighted by atomic mass is 16.6. The number of hydrogen-bond donors (Lipinski definition) is 0. The Morgan fingerprint density at radius 3 is 2.57 bits per heavy atom. The first-order chi connectivity index (χ1) is 10.2. The predicted octanol–water partition coefficient (Wildman–Crippen LogP) is 4.36. The smallest absolute Gasteiger partial charge is 0.373 e. The van der Waals surface area contributed by atoms with Gasteiger partial charge in [-0.15, -0.1) is 0 Å². The molecular weight excluding hydrogens is 264 g/mol. The summed E-state index contributed by atoms with van der Waals surface area (Å²) in [7, 11) is 1.50. The summed E-state index contributed by atoms with van der Waals surface area (Å²) in [6.45, 7) is 4.70. The number of hydrogen-bond acceptors (Lipinski definition) is 3. The van der Waals surface area contributed by atoms with E-state index in [4.69, 9.17) is 9.47 Å². The van der Waals surface area contributed by atoms with E-state index in [1.807, 2.05) is 18.2 Å². The number of aryl methyl sites for hydroxylation is 1. The number of esters is 1. The van der Waals surface area contributed by atoms with Gasteiger partial charge in [-0.3, -0.25) is 0 Å². The standard InChI is InChI=1S/C18H26O3/c1-4-6-7-10-13-21-18(19)17(20-3)14-16-12-9-8-11-15(16)5-2/h8-9,11-12,14H,4-7,10,13H2,1-3H3/b17-14-. The largest absolute Gasteiger partial charge is 0.490 e. The molecule has 0 fully saturated rings. The van der Waals surface area contributed by atoms with Crippen LogP contribution in [0.25, 0.3) is 6.08 Å². The highest BCUT2D eigenvalue weighted by molar-refractivity contribution is 5.91. The van der Waals surface area contributed by atoms with Crippen molar-refractivity contribution in [3.05, 3.63) is 41.2 Å². The zero-order valence-electron chi connectivity index (χ0n) is 13.4. The number of ether oxygens (including phenoxy) is 2. The molecule has 0 bridgehead atoms. The molecule has 0 radical (unpaired) electrons. The lowest BCUT2D eigenvalue weighted by atomic mass is 10.0. The van der Waals surface area contributed by atoms with Gasteiger partial charge in [-0.2, -0.15) is 0 Å². The first-order valence-electron chi connectivity index (χ1n) is 7.73. The second kappa shape index (κ2) is 10.0. The van der Waals surface area contributed by atoms with E-state index < -0.39 is 0 Å². The summed E-state index contributed by atoms with van der Waals surface area (Å²) < 4.78 is 10.4. The number of benzene rings is 1. The molecule has 0 aliphatic heterocycles. The van der Waals surface area contributed by atoms with Gasteiger partial charge in [-0.05, 0) is 30.0 Å². The second-order valence-electron chi connectivity index (χ2n) is 4.96. The molecule has 0 saturated heterocycles. The third-order valence-corrected chi connectivity index (χ3v) is 3.37. The van der Waals surface area contributed by atoms with E-state index in [9.17, 15) is 4.79 Å². The lowest BCUT2D eigenvalue weighted by Crippen LogP contribution is -2.10.